The molecule has 0 saturated heterocycles. The number of aliphatic hydroxyl groups excluding tert-OH is 1. The molecule has 488 valence electrons. The first kappa shape index (κ1) is 81.6. The summed E-state index contributed by atoms with van der Waals surface area (Å²) in [5.74, 6) is -0.219. The number of phosphoric ester groups is 1. The number of nitrogens with one attached hydrogen (secondary N) is 1. The van der Waals surface area contributed by atoms with Crippen molar-refractivity contribution in [2.75, 3.05) is 40.9 Å². The number of hydrogen-bond acceptors (Lipinski definition) is 6. The Morgan fingerprint density at radius 2 is 0.729 bits per heavy atom. The summed E-state index contributed by atoms with van der Waals surface area (Å²) in [6.45, 7) is 4.52. The maximum absolute atomic E-state index is 13.0. The van der Waals surface area contributed by atoms with E-state index in [1.54, 1.807) is 6.08 Å². The molecule has 0 aromatic carbocycles. The predicted molar refractivity (Wildman–Crippen MR) is 371 cm³/mol. The van der Waals surface area contributed by atoms with Gasteiger partial charge >= 0.3 is 0 Å². The Hall–Kier alpha value is -3.36. The molecule has 85 heavy (non-hydrogen) atoms. The summed E-state index contributed by atoms with van der Waals surface area (Å²) >= 11 is 0. The highest BCUT2D eigenvalue weighted by Gasteiger charge is 2.23. The molecule has 3 unspecified atom stereocenters. The number of rotatable bonds is 63. The van der Waals surface area contributed by atoms with Crippen LogP contribution in [-0.2, 0) is 18.4 Å². The molecule has 3 atom stereocenters. The number of carbonyl (C=O) groups excluding carboxylic acids is 1. The van der Waals surface area contributed by atoms with E-state index >= 15 is 0 Å². The third kappa shape index (κ3) is 68.0. The van der Waals surface area contributed by atoms with Crippen LogP contribution in [0.25, 0.3) is 0 Å². The lowest BCUT2D eigenvalue weighted by Crippen LogP contribution is -2.45. The molecule has 0 aliphatic heterocycles. The largest absolute Gasteiger partial charge is 0.756 e. The molecule has 0 heterocycles. The number of allylic oxidation sites excluding steroid dienone is 21. The van der Waals surface area contributed by atoms with Crippen LogP contribution >= 0.6 is 7.82 Å². The van der Waals surface area contributed by atoms with Crippen LogP contribution in [0, 0.1) is 0 Å². The lowest BCUT2D eigenvalue weighted by Gasteiger charge is -2.29. The fraction of sp³-hybridized carbons (Fsp3) is 0.697. The van der Waals surface area contributed by atoms with Crippen molar-refractivity contribution in [3.63, 3.8) is 0 Å². The molecule has 0 spiro atoms. The first-order valence-corrected chi connectivity index (χ1v) is 36.5. The molecule has 2 N–H and O–H groups in total. The van der Waals surface area contributed by atoms with Gasteiger partial charge in [0.05, 0.1) is 39.9 Å². The lowest BCUT2D eigenvalue weighted by atomic mass is 10.0. The van der Waals surface area contributed by atoms with Crippen molar-refractivity contribution in [3.05, 3.63) is 134 Å². The van der Waals surface area contributed by atoms with Crippen LogP contribution in [0.1, 0.15) is 290 Å². The minimum Gasteiger partial charge on any atom is -0.756 e. The summed E-state index contributed by atoms with van der Waals surface area (Å²) < 4.78 is 23.4. The van der Waals surface area contributed by atoms with Gasteiger partial charge in [-0.2, -0.15) is 0 Å². The van der Waals surface area contributed by atoms with E-state index in [0.717, 1.165) is 109 Å². The minimum atomic E-state index is -4.63. The Labute approximate surface area is 526 Å². The topological polar surface area (TPSA) is 108 Å². The molecule has 0 aromatic rings. The van der Waals surface area contributed by atoms with Crippen LogP contribution in [0.2, 0.25) is 0 Å². The van der Waals surface area contributed by atoms with Crippen molar-refractivity contribution in [2.24, 2.45) is 0 Å². The highest BCUT2D eigenvalue weighted by molar-refractivity contribution is 7.45. The molecule has 0 aliphatic rings. The third-order valence-corrected chi connectivity index (χ3v) is 16.0. The number of amides is 1. The highest BCUT2D eigenvalue weighted by Crippen LogP contribution is 2.38. The van der Waals surface area contributed by atoms with Gasteiger partial charge in [0.2, 0.25) is 5.91 Å². The van der Waals surface area contributed by atoms with Crippen molar-refractivity contribution in [1.29, 1.82) is 0 Å². The molecular weight excluding hydrogens is 1070 g/mol. The number of phosphoric acid groups is 1. The first-order valence-electron chi connectivity index (χ1n) is 35.0. The zero-order valence-corrected chi connectivity index (χ0v) is 56.7. The number of aliphatic hydroxyl groups is 1. The Morgan fingerprint density at radius 3 is 1.09 bits per heavy atom. The van der Waals surface area contributed by atoms with Gasteiger partial charge in [-0.05, 0) is 109 Å². The van der Waals surface area contributed by atoms with Crippen molar-refractivity contribution in [3.8, 4) is 0 Å². The van der Waals surface area contributed by atoms with Gasteiger partial charge in [0.25, 0.3) is 7.82 Å². The zero-order valence-electron chi connectivity index (χ0n) is 55.8. The summed E-state index contributed by atoms with van der Waals surface area (Å²) in [5, 5.41) is 13.9. The first-order chi connectivity index (χ1) is 41.5. The molecule has 0 fully saturated rings. The molecule has 0 rings (SSSR count). The maximum atomic E-state index is 13.0. The van der Waals surface area contributed by atoms with E-state index in [9.17, 15) is 19.4 Å². The zero-order chi connectivity index (χ0) is 61.9. The smallest absolute Gasteiger partial charge is 0.268 e. The van der Waals surface area contributed by atoms with Crippen LogP contribution in [-0.4, -0.2) is 68.5 Å². The Balaban J connectivity index is 4.19. The minimum absolute atomic E-state index is 0.0161. The Bertz CT molecular complexity index is 1850. The second kappa shape index (κ2) is 65.1. The fourth-order valence-corrected chi connectivity index (χ4v) is 10.4. The molecule has 9 heteroatoms. The average molecular weight is 1200 g/mol. The highest BCUT2D eigenvalue weighted by atomic mass is 31.2. The SMILES string of the molecule is CC/C=C\C/C=C\C/C=C\C/C=C\C/C=C\C/C=C\C/C=C\C/C=C\CCCCCCCCCCCCC(=O)NC(COP(=O)([O-])OCC[N+](C)(C)C)C(O)/C=C/CC/C=C/CC/C=C/CCCCCCCCCCCCCCCCCCCC. The Kier molecular flexibility index (Phi) is 62.5. The van der Waals surface area contributed by atoms with E-state index in [1.165, 1.54) is 161 Å². The normalized spacial score (nSPS) is 14.5. The van der Waals surface area contributed by atoms with E-state index in [1.807, 2.05) is 27.2 Å². The number of quaternary nitrogens is 1. The molecule has 1 amide bonds. The van der Waals surface area contributed by atoms with Crippen molar-refractivity contribution in [1.82, 2.24) is 5.32 Å². The van der Waals surface area contributed by atoms with E-state index in [2.05, 4.69) is 141 Å². The van der Waals surface area contributed by atoms with Gasteiger partial charge in [-0.25, -0.2) is 0 Å². The van der Waals surface area contributed by atoms with Gasteiger partial charge in [-0.3, -0.25) is 9.36 Å². The van der Waals surface area contributed by atoms with Gasteiger partial charge in [0.1, 0.15) is 13.2 Å². The van der Waals surface area contributed by atoms with Gasteiger partial charge in [-0.1, -0.05) is 308 Å². The molecule has 0 aliphatic carbocycles. The summed E-state index contributed by atoms with van der Waals surface area (Å²) in [7, 11) is 1.22. The second-order valence-corrected chi connectivity index (χ2v) is 25.9. The molecule has 0 saturated carbocycles. The summed E-state index contributed by atoms with van der Waals surface area (Å²) in [4.78, 5) is 25.6. The quantitative estimate of drug-likeness (QED) is 0.0272. The number of nitrogens with zero attached hydrogens (tertiary/aromatic N) is 1. The summed E-state index contributed by atoms with van der Waals surface area (Å²) in [6, 6.07) is -0.924. The standard InChI is InChI=1S/C76H133N2O6P/c1-6-8-10-12-14-16-18-20-22-24-26-28-30-32-34-36-37-38-39-40-41-42-44-46-48-50-52-54-56-58-60-62-64-66-68-70-76(80)77-74(73-84-85(81,82)83-72-71-78(3,4)5)75(79)69-67-65-63-61-59-57-55-53-51-49-47-45-43-35-33-31-29-27-25-23-21-19-17-15-13-11-9-7-2/h8,10,14,16,20,22,26,28,32,34,37-38,40-41,44,46,51,53,59,61,67,69,74-75,79H,6-7,9,11-13,15,17-19,21,23-25,27,29-31,33,35-36,39,42-43,45,47-50,52,54-58,60,62-66,68,70-73H2,1-5H3,(H-,77,80,81,82)/b10-8-,16-14-,22-20-,28-26-,34-32-,38-37-,41-40-,46-44-,53-51+,61-59+,69-67+. The van der Waals surface area contributed by atoms with E-state index in [-0.39, 0.29) is 12.5 Å². The van der Waals surface area contributed by atoms with Gasteiger partial charge in [-0.15, -0.1) is 0 Å². The molecule has 0 bridgehead atoms. The fourth-order valence-electron chi connectivity index (χ4n) is 9.67. The van der Waals surface area contributed by atoms with Crippen LogP contribution in [0.15, 0.2) is 134 Å². The van der Waals surface area contributed by atoms with Crippen LogP contribution in [0.4, 0.5) is 0 Å². The maximum Gasteiger partial charge on any atom is 0.268 e. The van der Waals surface area contributed by atoms with E-state index in [0.29, 0.717) is 17.4 Å². The van der Waals surface area contributed by atoms with Crippen LogP contribution < -0.4 is 10.2 Å². The van der Waals surface area contributed by atoms with Crippen molar-refractivity contribution >= 4 is 13.7 Å². The van der Waals surface area contributed by atoms with E-state index < -0.39 is 26.6 Å². The molecule has 0 radical (unpaired) electrons. The van der Waals surface area contributed by atoms with Crippen LogP contribution in [0.3, 0.4) is 0 Å². The monoisotopic (exact) mass is 1200 g/mol. The lowest BCUT2D eigenvalue weighted by molar-refractivity contribution is -0.870. The number of carbonyl (C=O) groups is 1. The number of hydrogen-bond donors (Lipinski definition) is 2. The predicted octanol–water partition coefficient (Wildman–Crippen LogP) is 22.0. The van der Waals surface area contributed by atoms with Crippen molar-refractivity contribution < 1.29 is 32.9 Å². The van der Waals surface area contributed by atoms with Crippen molar-refractivity contribution in [2.45, 2.75) is 302 Å². The van der Waals surface area contributed by atoms with Gasteiger partial charge < -0.3 is 28.8 Å². The molecule has 8 nitrogen and oxygen atoms in total. The average Bonchev–Trinajstić information content (AvgIpc) is 3.48. The molecular formula is C76H133N2O6P. The second-order valence-electron chi connectivity index (χ2n) is 24.5. The number of unbranched alkanes of at least 4 members (excludes halogenated alkanes) is 30. The Morgan fingerprint density at radius 1 is 0.424 bits per heavy atom. The molecule has 0 aromatic heterocycles. The van der Waals surface area contributed by atoms with Crippen LogP contribution in [0.5, 0.6) is 0 Å². The number of likely N-dealkylation sites (N-methyl/N-ethyl adjacent to an activating group) is 1. The van der Waals surface area contributed by atoms with Gasteiger partial charge in [0.15, 0.2) is 0 Å². The third-order valence-electron chi connectivity index (χ3n) is 15.1. The summed E-state index contributed by atoms with van der Waals surface area (Å²) in [5.41, 5.74) is 0. The van der Waals surface area contributed by atoms with Gasteiger partial charge in [0, 0.05) is 6.42 Å². The summed E-state index contributed by atoms with van der Waals surface area (Å²) in [6.07, 6.45) is 98.6. The van der Waals surface area contributed by atoms with E-state index in [4.69, 9.17) is 9.05 Å².